The average Bonchev–Trinajstić information content (AvgIpc) is 3.00. The first kappa shape index (κ1) is 20.0. The third-order valence-electron chi connectivity index (χ3n) is 4.47. The second kappa shape index (κ2) is 8.52. The van der Waals surface area contributed by atoms with Gasteiger partial charge in [0.2, 0.25) is 0 Å². The number of hydrogen-bond donors (Lipinski definition) is 1. The lowest BCUT2D eigenvalue weighted by Crippen LogP contribution is -2.17. The van der Waals surface area contributed by atoms with Crippen molar-refractivity contribution in [1.82, 2.24) is 9.99 Å². The predicted octanol–water partition coefficient (Wildman–Crippen LogP) is 3.78. The summed E-state index contributed by atoms with van der Waals surface area (Å²) in [6, 6.07) is 14.4. The van der Waals surface area contributed by atoms with E-state index in [0.29, 0.717) is 5.56 Å². The van der Waals surface area contributed by atoms with Gasteiger partial charge in [-0.25, -0.2) is 14.6 Å². The first-order valence-electron chi connectivity index (χ1n) is 8.87. The maximum atomic E-state index is 13.2. The minimum absolute atomic E-state index is 0.193. The Morgan fingerprint density at radius 3 is 2.45 bits per heavy atom. The van der Waals surface area contributed by atoms with E-state index >= 15 is 0 Å². The third-order valence-corrected chi connectivity index (χ3v) is 4.47. The molecular formula is C22H20FN3O3. The minimum atomic E-state index is -0.493. The molecule has 29 heavy (non-hydrogen) atoms. The van der Waals surface area contributed by atoms with Crippen molar-refractivity contribution in [2.24, 2.45) is 5.10 Å². The largest absolute Gasteiger partial charge is 0.465 e. The summed E-state index contributed by atoms with van der Waals surface area (Å²) < 4.78 is 19.9. The molecule has 0 unspecified atom stereocenters. The van der Waals surface area contributed by atoms with E-state index in [4.69, 9.17) is 4.74 Å². The number of nitrogens with zero attached hydrogens (tertiary/aromatic N) is 2. The van der Waals surface area contributed by atoms with Crippen LogP contribution in [0.2, 0.25) is 0 Å². The van der Waals surface area contributed by atoms with Crippen LogP contribution in [0.15, 0.2) is 59.7 Å². The Bertz CT molecular complexity index is 1090. The standard InChI is InChI=1S/C22H20FN3O3/c1-14-11-18(13-24-25-21(27)17-5-4-6-19(23)12-17)15(2)26(14)20-9-7-16(8-10-20)22(28)29-3/h4-13H,1-3H3,(H,25,27)/b24-13-. The van der Waals surface area contributed by atoms with E-state index in [1.807, 2.05) is 36.6 Å². The monoisotopic (exact) mass is 393 g/mol. The van der Waals surface area contributed by atoms with E-state index in [-0.39, 0.29) is 11.5 Å². The van der Waals surface area contributed by atoms with Gasteiger partial charge in [0.15, 0.2) is 0 Å². The number of halogens is 1. The van der Waals surface area contributed by atoms with Gasteiger partial charge in [-0.2, -0.15) is 5.10 Å². The van der Waals surface area contributed by atoms with E-state index < -0.39 is 11.7 Å². The molecule has 0 spiro atoms. The summed E-state index contributed by atoms with van der Waals surface area (Å²) in [7, 11) is 1.34. The van der Waals surface area contributed by atoms with Gasteiger partial charge in [0.25, 0.3) is 5.91 Å². The minimum Gasteiger partial charge on any atom is -0.465 e. The van der Waals surface area contributed by atoms with Gasteiger partial charge in [0.1, 0.15) is 5.82 Å². The highest BCUT2D eigenvalue weighted by molar-refractivity contribution is 5.95. The van der Waals surface area contributed by atoms with Crippen LogP contribution in [0.4, 0.5) is 4.39 Å². The lowest BCUT2D eigenvalue weighted by Gasteiger charge is -2.10. The third kappa shape index (κ3) is 4.40. The molecule has 1 N–H and O–H groups in total. The van der Waals surface area contributed by atoms with Gasteiger partial charge < -0.3 is 9.30 Å². The summed E-state index contributed by atoms with van der Waals surface area (Å²) in [5, 5.41) is 3.98. The molecule has 1 amide bonds. The Kier molecular flexibility index (Phi) is 5.87. The molecule has 2 aromatic carbocycles. The number of hydrazone groups is 1. The zero-order chi connectivity index (χ0) is 21.0. The molecule has 1 heterocycles. The fourth-order valence-electron chi connectivity index (χ4n) is 3.03. The number of methoxy groups -OCH3 is 1. The van der Waals surface area contributed by atoms with Gasteiger partial charge >= 0.3 is 5.97 Å². The molecule has 148 valence electrons. The van der Waals surface area contributed by atoms with Gasteiger partial charge in [-0.3, -0.25) is 4.79 Å². The van der Waals surface area contributed by atoms with Crippen molar-refractivity contribution in [2.75, 3.05) is 7.11 Å². The maximum absolute atomic E-state index is 13.2. The normalized spacial score (nSPS) is 10.9. The smallest absolute Gasteiger partial charge is 0.337 e. The van der Waals surface area contributed by atoms with Crippen molar-refractivity contribution in [3.8, 4) is 5.69 Å². The summed E-state index contributed by atoms with van der Waals surface area (Å²) in [5.41, 5.74) is 6.65. The van der Waals surface area contributed by atoms with Crippen LogP contribution in [0, 0.1) is 19.7 Å². The van der Waals surface area contributed by atoms with E-state index in [1.54, 1.807) is 18.3 Å². The highest BCUT2D eigenvalue weighted by atomic mass is 19.1. The van der Waals surface area contributed by atoms with Gasteiger partial charge in [0, 0.05) is 28.2 Å². The SMILES string of the molecule is COC(=O)c1ccc(-n2c(C)cc(/C=N\NC(=O)c3cccc(F)c3)c2C)cc1. The van der Waals surface area contributed by atoms with Crippen LogP contribution >= 0.6 is 0 Å². The van der Waals surface area contributed by atoms with Crippen LogP contribution in [0.1, 0.15) is 37.7 Å². The average molecular weight is 393 g/mol. The van der Waals surface area contributed by atoms with Gasteiger partial charge in [-0.05, 0) is 62.4 Å². The summed E-state index contributed by atoms with van der Waals surface area (Å²) in [4.78, 5) is 23.6. The molecule has 0 saturated heterocycles. The molecule has 0 radical (unpaired) electrons. The molecule has 3 rings (SSSR count). The second-order valence-electron chi connectivity index (χ2n) is 6.41. The van der Waals surface area contributed by atoms with Crippen molar-refractivity contribution >= 4 is 18.1 Å². The van der Waals surface area contributed by atoms with Crippen LogP contribution in [0.3, 0.4) is 0 Å². The van der Waals surface area contributed by atoms with Crippen LogP contribution in [-0.4, -0.2) is 29.8 Å². The first-order valence-corrected chi connectivity index (χ1v) is 8.87. The number of nitrogens with one attached hydrogen (secondary N) is 1. The van der Waals surface area contributed by atoms with E-state index in [1.165, 1.54) is 25.3 Å². The molecule has 0 bridgehead atoms. The van der Waals surface area contributed by atoms with E-state index in [2.05, 4.69) is 10.5 Å². The molecule has 0 fully saturated rings. The van der Waals surface area contributed by atoms with Crippen LogP contribution in [-0.2, 0) is 4.74 Å². The van der Waals surface area contributed by atoms with Crippen LogP contribution in [0.5, 0.6) is 0 Å². The van der Waals surface area contributed by atoms with Crippen LogP contribution in [0.25, 0.3) is 5.69 Å². The second-order valence-corrected chi connectivity index (χ2v) is 6.41. The quantitative estimate of drug-likeness (QED) is 0.407. The summed E-state index contributed by atoms with van der Waals surface area (Å²) in [5.74, 6) is -1.37. The summed E-state index contributed by atoms with van der Waals surface area (Å²) in [6.45, 7) is 3.88. The molecule has 0 aliphatic heterocycles. The molecule has 6 nitrogen and oxygen atoms in total. The predicted molar refractivity (Wildman–Crippen MR) is 108 cm³/mol. The van der Waals surface area contributed by atoms with Crippen LogP contribution < -0.4 is 5.43 Å². The van der Waals surface area contributed by atoms with Crippen molar-refractivity contribution in [3.05, 3.63) is 88.5 Å². The highest BCUT2D eigenvalue weighted by Gasteiger charge is 2.11. The molecule has 0 aliphatic carbocycles. The zero-order valence-corrected chi connectivity index (χ0v) is 16.3. The molecular weight excluding hydrogens is 373 g/mol. The molecule has 1 aromatic heterocycles. The molecule has 0 atom stereocenters. The fraction of sp³-hybridized carbons (Fsp3) is 0.136. The maximum Gasteiger partial charge on any atom is 0.337 e. The van der Waals surface area contributed by atoms with Crippen molar-refractivity contribution < 1.29 is 18.7 Å². The number of benzene rings is 2. The number of amides is 1. The molecule has 0 aliphatic rings. The van der Waals surface area contributed by atoms with Gasteiger partial charge in [-0.1, -0.05) is 6.07 Å². The number of hydrogen-bond acceptors (Lipinski definition) is 4. The molecule has 7 heteroatoms. The van der Waals surface area contributed by atoms with Crippen molar-refractivity contribution in [3.63, 3.8) is 0 Å². The van der Waals surface area contributed by atoms with Gasteiger partial charge in [-0.15, -0.1) is 0 Å². The number of esters is 1. The van der Waals surface area contributed by atoms with E-state index in [0.717, 1.165) is 28.7 Å². The number of rotatable bonds is 5. The fourth-order valence-corrected chi connectivity index (χ4v) is 3.03. The summed E-state index contributed by atoms with van der Waals surface area (Å²) >= 11 is 0. The molecule has 0 saturated carbocycles. The number of aromatic nitrogens is 1. The summed E-state index contributed by atoms with van der Waals surface area (Å²) in [6.07, 6.45) is 1.54. The Hall–Kier alpha value is -3.74. The topological polar surface area (TPSA) is 72.7 Å². The Balaban J connectivity index is 1.78. The first-order chi connectivity index (χ1) is 13.9. The van der Waals surface area contributed by atoms with Crippen molar-refractivity contribution in [1.29, 1.82) is 0 Å². The Morgan fingerprint density at radius 1 is 1.07 bits per heavy atom. The highest BCUT2D eigenvalue weighted by Crippen LogP contribution is 2.20. The number of ether oxygens (including phenoxy) is 1. The lowest BCUT2D eigenvalue weighted by atomic mass is 10.2. The molecule has 3 aromatic rings. The number of carbonyl (C=O) groups excluding carboxylic acids is 2. The number of carbonyl (C=O) groups is 2. The Labute approximate surface area is 167 Å². The zero-order valence-electron chi connectivity index (χ0n) is 16.3. The van der Waals surface area contributed by atoms with Gasteiger partial charge in [0.05, 0.1) is 18.9 Å². The Morgan fingerprint density at radius 2 is 1.79 bits per heavy atom. The number of aryl methyl sites for hydroxylation is 1. The van der Waals surface area contributed by atoms with E-state index in [9.17, 15) is 14.0 Å². The lowest BCUT2D eigenvalue weighted by molar-refractivity contribution is 0.0600. The van der Waals surface area contributed by atoms with Crippen molar-refractivity contribution in [2.45, 2.75) is 13.8 Å².